The first-order valence-corrected chi connectivity index (χ1v) is 6.69. The van der Waals surface area contributed by atoms with Crippen LogP contribution in [0, 0.1) is 5.92 Å². The van der Waals surface area contributed by atoms with Crippen molar-refractivity contribution in [1.82, 2.24) is 20.2 Å². The van der Waals surface area contributed by atoms with Crippen LogP contribution in [0.15, 0.2) is 18.2 Å². The predicted octanol–water partition coefficient (Wildman–Crippen LogP) is 2.76. The number of halogens is 2. The highest BCUT2D eigenvalue weighted by Gasteiger charge is 2.17. The molecule has 0 aliphatic carbocycles. The molecule has 8 heteroatoms. The lowest BCUT2D eigenvalue weighted by Gasteiger charge is -2.09. The van der Waals surface area contributed by atoms with E-state index in [0.29, 0.717) is 34.4 Å². The summed E-state index contributed by atoms with van der Waals surface area (Å²) >= 11 is 12.2. The average molecular weight is 315 g/mol. The molecule has 1 unspecified atom stereocenters. The smallest absolute Gasteiger partial charge is 0.306 e. The number of aliphatic carboxylic acids is 1. The van der Waals surface area contributed by atoms with Gasteiger partial charge in [-0.1, -0.05) is 36.2 Å². The highest BCUT2D eigenvalue weighted by molar-refractivity contribution is 6.38. The van der Waals surface area contributed by atoms with Crippen LogP contribution in [-0.4, -0.2) is 31.3 Å². The average Bonchev–Trinajstić information content (AvgIpc) is 2.84. The van der Waals surface area contributed by atoms with E-state index in [-0.39, 0.29) is 0 Å². The van der Waals surface area contributed by atoms with Crippen molar-refractivity contribution in [3.8, 4) is 11.4 Å². The van der Waals surface area contributed by atoms with Gasteiger partial charge in [0.1, 0.15) is 0 Å². The maximum Gasteiger partial charge on any atom is 0.306 e. The lowest BCUT2D eigenvalue weighted by atomic mass is 10.1. The molecule has 1 aromatic heterocycles. The molecule has 0 fully saturated rings. The fourth-order valence-electron chi connectivity index (χ4n) is 1.69. The maximum atomic E-state index is 10.8. The summed E-state index contributed by atoms with van der Waals surface area (Å²) in [7, 11) is 0. The molecular formula is C12H12Cl2N4O2. The Hall–Kier alpha value is -1.66. The second kappa shape index (κ2) is 6.19. The van der Waals surface area contributed by atoms with Gasteiger partial charge in [-0.3, -0.25) is 4.79 Å². The van der Waals surface area contributed by atoms with E-state index in [4.69, 9.17) is 28.3 Å². The molecule has 0 bridgehead atoms. The van der Waals surface area contributed by atoms with Crippen LogP contribution in [0.3, 0.4) is 0 Å². The molecule has 0 spiro atoms. The number of nitrogens with zero attached hydrogens (tertiary/aromatic N) is 4. The second-order valence-corrected chi connectivity index (χ2v) is 5.16. The summed E-state index contributed by atoms with van der Waals surface area (Å²) < 4.78 is 1.51. The first kappa shape index (κ1) is 14.7. The Kier molecular flexibility index (Phi) is 4.57. The molecule has 20 heavy (non-hydrogen) atoms. The third kappa shape index (κ3) is 3.08. The molecule has 1 N–H and O–H groups in total. The number of aromatic nitrogens is 4. The van der Waals surface area contributed by atoms with Crippen molar-refractivity contribution in [2.75, 3.05) is 0 Å². The second-order valence-electron chi connectivity index (χ2n) is 4.35. The van der Waals surface area contributed by atoms with Crippen LogP contribution in [-0.2, 0) is 11.3 Å². The van der Waals surface area contributed by atoms with E-state index in [2.05, 4.69) is 15.5 Å². The van der Waals surface area contributed by atoms with Gasteiger partial charge in [-0.2, -0.15) is 0 Å². The normalized spacial score (nSPS) is 12.3. The fourth-order valence-corrected chi connectivity index (χ4v) is 2.25. The Bertz CT molecular complexity index is 609. The Morgan fingerprint density at radius 1 is 1.40 bits per heavy atom. The van der Waals surface area contributed by atoms with Gasteiger partial charge in [0, 0.05) is 6.54 Å². The minimum atomic E-state index is -0.851. The van der Waals surface area contributed by atoms with Crippen LogP contribution in [0.25, 0.3) is 11.4 Å². The molecule has 0 radical (unpaired) electrons. The highest BCUT2D eigenvalue weighted by atomic mass is 35.5. The van der Waals surface area contributed by atoms with Crippen LogP contribution in [0.1, 0.15) is 13.3 Å². The summed E-state index contributed by atoms with van der Waals surface area (Å²) in [5.74, 6) is -0.901. The molecule has 2 rings (SSSR count). The largest absolute Gasteiger partial charge is 0.481 e. The van der Waals surface area contributed by atoms with Crippen molar-refractivity contribution in [3.05, 3.63) is 28.2 Å². The molecule has 106 valence electrons. The van der Waals surface area contributed by atoms with Gasteiger partial charge in [-0.25, -0.2) is 4.68 Å². The highest BCUT2D eigenvalue weighted by Crippen LogP contribution is 2.32. The monoisotopic (exact) mass is 314 g/mol. The van der Waals surface area contributed by atoms with E-state index in [9.17, 15) is 4.79 Å². The lowest BCUT2D eigenvalue weighted by Crippen LogP contribution is -2.14. The Labute approximate surface area is 125 Å². The minimum absolute atomic E-state index is 0.372. The third-order valence-electron chi connectivity index (χ3n) is 2.91. The number of hydrogen-bond donors (Lipinski definition) is 1. The lowest BCUT2D eigenvalue weighted by molar-refractivity contribution is -0.141. The summed E-state index contributed by atoms with van der Waals surface area (Å²) in [6, 6.07) is 5.12. The van der Waals surface area contributed by atoms with E-state index in [1.807, 2.05) is 0 Å². The minimum Gasteiger partial charge on any atom is -0.481 e. The molecule has 1 aromatic carbocycles. The summed E-state index contributed by atoms with van der Waals surface area (Å²) in [6.45, 7) is 2.01. The summed E-state index contributed by atoms with van der Waals surface area (Å²) in [5, 5.41) is 21.1. The number of carbonyl (C=O) groups is 1. The van der Waals surface area contributed by atoms with Crippen LogP contribution in [0.5, 0.6) is 0 Å². The number of aryl methyl sites for hydroxylation is 1. The van der Waals surface area contributed by atoms with Gasteiger partial charge < -0.3 is 5.11 Å². The SMILES string of the molecule is CC(CCn1nnnc1-c1c(Cl)cccc1Cl)C(=O)O. The Balaban J connectivity index is 2.27. The number of carboxylic acid groups (broad SMARTS) is 1. The van der Waals surface area contributed by atoms with E-state index in [1.165, 1.54) is 4.68 Å². The van der Waals surface area contributed by atoms with Gasteiger partial charge in [0.25, 0.3) is 0 Å². The van der Waals surface area contributed by atoms with Crippen molar-refractivity contribution in [1.29, 1.82) is 0 Å². The maximum absolute atomic E-state index is 10.8. The zero-order valence-electron chi connectivity index (χ0n) is 10.6. The van der Waals surface area contributed by atoms with Crippen molar-refractivity contribution in [2.24, 2.45) is 5.92 Å². The van der Waals surface area contributed by atoms with Crippen LogP contribution in [0.2, 0.25) is 10.0 Å². The summed E-state index contributed by atoms with van der Waals surface area (Å²) in [5.41, 5.74) is 0.545. The van der Waals surface area contributed by atoms with E-state index in [1.54, 1.807) is 25.1 Å². The van der Waals surface area contributed by atoms with Crippen molar-refractivity contribution in [3.63, 3.8) is 0 Å². The van der Waals surface area contributed by atoms with Crippen LogP contribution >= 0.6 is 23.2 Å². The number of hydrogen-bond acceptors (Lipinski definition) is 4. The molecule has 1 heterocycles. The number of tetrazole rings is 1. The zero-order chi connectivity index (χ0) is 14.7. The Morgan fingerprint density at radius 3 is 2.65 bits per heavy atom. The van der Waals surface area contributed by atoms with Gasteiger partial charge in [0.05, 0.1) is 21.5 Å². The van der Waals surface area contributed by atoms with Crippen molar-refractivity contribution < 1.29 is 9.90 Å². The van der Waals surface area contributed by atoms with Gasteiger partial charge >= 0.3 is 5.97 Å². The number of carboxylic acids is 1. The first-order valence-electron chi connectivity index (χ1n) is 5.94. The molecule has 6 nitrogen and oxygen atoms in total. The third-order valence-corrected chi connectivity index (χ3v) is 3.54. The first-order chi connectivity index (χ1) is 9.50. The summed E-state index contributed by atoms with van der Waals surface area (Å²) in [4.78, 5) is 10.8. The fraction of sp³-hybridized carbons (Fsp3) is 0.333. The topological polar surface area (TPSA) is 80.9 Å². The van der Waals surface area contributed by atoms with Gasteiger partial charge in [0.15, 0.2) is 5.82 Å². The quantitative estimate of drug-likeness (QED) is 0.917. The van der Waals surface area contributed by atoms with E-state index >= 15 is 0 Å². The molecule has 0 saturated carbocycles. The molecule has 1 atom stereocenters. The zero-order valence-corrected chi connectivity index (χ0v) is 12.1. The molecule has 0 aliphatic rings. The summed E-state index contributed by atoms with van der Waals surface area (Å²) in [6.07, 6.45) is 0.412. The van der Waals surface area contributed by atoms with E-state index < -0.39 is 11.9 Å². The molecule has 0 saturated heterocycles. The van der Waals surface area contributed by atoms with E-state index in [0.717, 1.165) is 0 Å². The van der Waals surface area contributed by atoms with Gasteiger partial charge in [-0.15, -0.1) is 5.10 Å². The number of rotatable bonds is 5. The van der Waals surface area contributed by atoms with Crippen molar-refractivity contribution >= 4 is 29.2 Å². The molecule has 2 aromatic rings. The molecular weight excluding hydrogens is 303 g/mol. The van der Waals surface area contributed by atoms with Crippen LogP contribution < -0.4 is 0 Å². The predicted molar refractivity (Wildman–Crippen MR) is 74.7 cm³/mol. The molecule has 0 amide bonds. The Morgan fingerprint density at radius 2 is 2.05 bits per heavy atom. The standard InChI is InChI=1S/C12H12Cl2N4O2/c1-7(12(19)20)5-6-18-11(15-16-17-18)10-8(13)3-2-4-9(10)14/h2-4,7H,5-6H2,1H3,(H,19,20). The van der Waals surface area contributed by atoms with Crippen LogP contribution in [0.4, 0.5) is 0 Å². The molecule has 0 aliphatic heterocycles. The van der Waals surface area contributed by atoms with Crippen molar-refractivity contribution in [2.45, 2.75) is 19.9 Å². The van der Waals surface area contributed by atoms with Gasteiger partial charge in [0.2, 0.25) is 0 Å². The van der Waals surface area contributed by atoms with Gasteiger partial charge in [-0.05, 0) is 29.0 Å². The number of benzene rings is 1.